The first-order valence-corrected chi connectivity index (χ1v) is 7.46. The van der Waals surface area contributed by atoms with Gasteiger partial charge < -0.3 is 10.4 Å². The van der Waals surface area contributed by atoms with Crippen molar-refractivity contribution in [2.75, 3.05) is 0 Å². The summed E-state index contributed by atoms with van der Waals surface area (Å²) in [4.78, 5) is 23.4. The van der Waals surface area contributed by atoms with Crippen molar-refractivity contribution in [1.29, 1.82) is 0 Å². The van der Waals surface area contributed by atoms with Crippen molar-refractivity contribution in [1.82, 2.24) is 5.32 Å². The van der Waals surface area contributed by atoms with E-state index in [-0.39, 0.29) is 17.0 Å². The first-order chi connectivity index (χ1) is 11.3. The van der Waals surface area contributed by atoms with Gasteiger partial charge in [0.15, 0.2) is 11.6 Å². The van der Waals surface area contributed by atoms with E-state index in [9.17, 15) is 23.5 Å². The molecule has 0 bridgehead atoms. The van der Waals surface area contributed by atoms with Gasteiger partial charge in [-0.3, -0.25) is 4.79 Å². The highest BCUT2D eigenvalue weighted by molar-refractivity contribution is 6.35. The summed E-state index contributed by atoms with van der Waals surface area (Å²) in [6.07, 6.45) is -0.0965. The zero-order valence-corrected chi connectivity index (χ0v) is 13.5. The minimum Gasteiger partial charge on any atom is -0.480 e. The molecular weight excluding hydrogens is 363 g/mol. The summed E-state index contributed by atoms with van der Waals surface area (Å²) in [6.45, 7) is 0. The maximum Gasteiger partial charge on any atom is 0.326 e. The van der Waals surface area contributed by atoms with Crippen molar-refractivity contribution < 1.29 is 23.5 Å². The van der Waals surface area contributed by atoms with Gasteiger partial charge in [0.05, 0.1) is 0 Å². The molecule has 0 aliphatic rings. The lowest BCUT2D eigenvalue weighted by Gasteiger charge is -2.15. The van der Waals surface area contributed by atoms with E-state index in [1.165, 1.54) is 6.07 Å². The quantitative estimate of drug-likeness (QED) is 0.839. The third-order valence-corrected chi connectivity index (χ3v) is 3.81. The Balaban J connectivity index is 2.17. The maximum absolute atomic E-state index is 13.2. The van der Waals surface area contributed by atoms with Crippen molar-refractivity contribution in [3.8, 4) is 0 Å². The summed E-state index contributed by atoms with van der Waals surface area (Å²) in [5.74, 6) is -4.44. The molecule has 1 atom stereocenters. The van der Waals surface area contributed by atoms with Crippen LogP contribution < -0.4 is 5.32 Å². The van der Waals surface area contributed by atoms with Crippen LogP contribution in [0.2, 0.25) is 10.0 Å². The number of aliphatic carboxylic acids is 1. The zero-order valence-electron chi connectivity index (χ0n) is 12.0. The molecule has 0 unspecified atom stereocenters. The summed E-state index contributed by atoms with van der Waals surface area (Å²) in [5, 5.41) is 12.2. The number of benzene rings is 2. The third-order valence-electron chi connectivity index (χ3n) is 3.22. The third kappa shape index (κ3) is 4.43. The second-order valence-corrected chi connectivity index (χ2v) is 5.78. The topological polar surface area (TPSA) is 66.4 Å². The van der Waals surface area contributed by atoms with Crippen molar-refractivity contribution >= 4 is 35.1 Å². The van der Waals surface area contributed by atoms with Crippen LogP contribution in [0.25, 0.3) is 0 Å². The summed E-state index contributed by atoms with van der Waals surface area (Å²) in [6, 6.07) is 5.78. The van der Waals surface area contributed by atoms with Gasteiger partial charge in [-0.1, -0.05) is 29.3 Å². The van der Waals surface area contributed by atoms with Crippen molar-refractivity contribution in [2.45, 2.75) is 12.5 Å². The Hall–Kier alpha value is -2.18. The number of carbonyl (C=O) groups excluding carboxylic acids is 1. The number of nitrogens with one attached hydrogen (secondary N) is 1. The highest BCUT2D eigenvalue weighted by Gasteiger charge is 2.22. The van der Waals surface area contributed by atoms with Gasteiger partial charge in [0.2, 0.25) is 0 Å². The molecule has 1 amide bonds. The number of amides is 1. The molecule has 0 fully saturated rings. The molecular formula is C16H11Cl2F2NO3. The largest absolute Gasteiger partial charge is 0.480 e. The second kappa shape index (κ2) is 7.59. The number of halogens is 4. The first kappa shape index (κ1) is 18.2. The average molecular weight is 374 g/mol. The molecule has 126 valence electrons. The molecule has 8 heteroatoms. The molecule has 4 nitrogen and oxygen atoms in total. The smallest absolute Gasteiger partial charge is 0.326 e. The van der Waals surface area contributed by atoms with E-state index in [0.29, 0.717) is 16.7 Å². The van der Waals surface area contributed by atoms with Crippen LogP contribution in [0.5, 0.6) is 0 Å². The highest BCUT2D eigenvalue weighted by Crippen LogP contribution is 2.22. The molecule has 0 aliphatic carbocycles. The highest BCUT2D eigenvalue weighted by atomic mass is 35.5. The minimum absolute atomic E-state index is 0.0965. The molecule has 0 aromatic heterocycles. The zero-order chi connectivity index (χ0) is 17.9. The summed E-state index contributed by atoms with van der Waals surface area (Å²) in [7, 11) is 0. The van der Waals surface area contributed by atoms with Gasteiger partial charge in [0.25, 0.3) is 5.91 Å². The van der Waals surface area contributed by atoms with Crippen molar-refractivity contribution in [3.05, 3.63) is 69.2 Å². The van der Waals surface area contributed by atoms with Crippen LogP contribution in [0.3, 0.4) is 0 Å². The average Bonchev–Trinajstić information content (AvgIpc) is 2.51. The lowest BCUT2D eigenvalue weighted by Crippen LogP contribution is -2.42. The van der Waals surface area contributed by atoms with Gasteiger partial charge in [-0.15, -0.1) is 0 Å². The molecule has 0 spiro atoms. The van der Waals surface area contributed by atoms with E-state index in [0.717, 1.165) is 12.1 Å². The Morgan fingerprint density at radius 3 is 2.38 bits per heavy atom. The Kier molecular flexibility index (Phi) is 5.75. The van der Waals surface area contributed by atoms with Gasteiger partial charge >= 0.3 is 5.97 Å². The second-order valence-electron chi connectivity index (χ2n) is 4.93. The molecule has 2 N–H and O–H groups in total. The van der Waals surface area contributed by atoms with E-state index in [4.69, 9.17) is 23.2 Å². The molecule has 0 saturated carbocycles. The number of hydrogen-bond acceptors (Lipinski definition) is 2. The molecule has 2 rings (SSSR count). The molecule has 24 heavy (non-hydrogen) atoms. The number of carbonyl (C=O) groups is 2. The maximum atomic E-state index is 13.2. The SMILES string of the molecule is O=C(N[C@H](Cc1ccc(Cl)cc1Cl)C(=O)O)c1ccc(F)c(F)c1. The Morgan fingerprint density at radius 1 is 1.08 bits per heavy atom. The molecule has 0 heterocycles. The predicted molar refractivity (Wildman–Crippen MR) is 85.4 cm³/mol. The van der Waals surface area contributed by atoms with Gasteiger partial charge in [-0.2, -0.15) is 0 Å². The summed E-state index contributed by atoms with van der Waals surface area (Å²) in [5.41, 5.74) is 0.279. The lowest BCUT2D eigenvalue weighted by atomic mass is 10.1. The number of carboxylic acids is 1. The summed E-state index contributed by atoms with van der Waals surface area (Å²) < 4.78 is 26.1. The number of carboxylic acid groups (broad SMARTS) is 1. The van der Waals surface area contributed by atoms with Crippen LogP contribution in [0.15, 0.2) is 36.4 Å². The predicted octanol–water partition coefficient (Wildman–Crippen LogP) is 3.70. The fourth-order valence-corrected chi connectivity index (χ4v) is 2.47. The fourth-order valence-electron chi connectivity index (χ4n) is 1.99. The van der Waals surface area contributed by atoms with Crippen LogP contribution in [0, 0.1) is 11.6 Å². The standard InChI is InChI=1S/C16H11Cl2F2NO3/c17-10-3-1-8(11(18)7-10)6-14(16(23)24)21-15(22)9-2-4-12(19)13(20)5-9/h1-5,7,14H,6H2,(H,21,22)(H,23,24)/t14-/m1/s1. The Bertz CT molecular complexity index is 799. The summed E-state index contributed by atoms with van der Waals surface area (Å²) >= 11 is 11.8. The lowest BCUT2D eigenvalue weighted by molar-refractivity contribution is -0.139. The minimum atomic E-state index is -1.30. The van der Waals surface area contributed by atoms with Crippen LogP contribution in [-0.2, 0) is 11.2 Å². The normalized spacial score (nSPS) is 11.8. The van der Waals surface area contributed by atoms with Crippen LogP contribution in [0.4, 0.5) is 8.78 Å². The first-order valence-electron chi connectivity index (χ1n) is 6.70. The van der Waals surface area contributed by atoms with E-state index in [1.54, 1.807) is 12.1 Å². The molecule has 2 aromatic carbocycles. The van der Waals surface area contributed by atoms with Crippen LogP contribution in [0.1, 0.15) is 15.9 Å². The van der Waals surface area contributed by atoms with Crippen LogP contribution in [-0.4, -0.2) is 23.0 Å². The van der Waals surface area contributed by atoms with Gasteiger partial charge in [0.1, 0.15) is 6.04 Å². The van der Waals surface area contributed by atoms with Gasteiger partial charge in [-0.25, -0.2) is 13.6 Å². The fraction of sp³-hybridized carbons (Fsp3) is 0.125. The van der Waals surface area contributed by atoms with E-state index in [2.05, 4.69) is 5.32 Å². The molecule has 0 aliphatic heterocycles. The van der Waals surface area contributed by atoms with Gasteiger partial charge in [-0.05, 0) is 35.9 Å². The van der Waals surface area contributed by atoms with E-state index >= 15 is 0 Å². The molecule has 0 radical (unpaired) electrons. The monoisotopic (exact) mass is 373 g/mol. The molecule has 0 saturated heterocycles. The van der Waals surface area contributed by atoms with Crippen molar-refractivity contribution in [2.24, 2.45) is 0 Å². The number of hydrogen-bond donors (Lipinski definition) is 2. The Labute approximate surface area is 146 Å². The number of rotatable bonds is 5. The van der Waals surface area contributed by atoms with Crippen LogP contribution >= 0.6 is 23.2 Å². The Morgan fingerprint density at radius 2 is 1.79 bits per heavy atom. The van der Waals surface area contributed by atoms with E-state index in [1.807, 2.05) is 0 Å². The van der Waals surface area contributed by atoms with Crippen molar-refractivity contribution in [3.63, 3.8) is 0 Å². The molecule has 2 aromatic rings. The van der Waals surface area contributed by atoms with Gasteiger partial charge in [0, 0.05) is 22.0 Å². The van der Waals surface area contributed by atoms with E-state index < -0.39 is 29.6 Å².